The largest absolute Gasteiger partial charge is 0.480 e. The van der Waals surface area contributed by atoms with Crippen LogP contribution >= 0.6 is 0 Å². The number of allylic oxidation sites excluding steroid dienone is 4. The highest BCUT2D eigenvalue weighted by atomic mass is 16.6. The first-order valence-electron chi connectivity index (χ1n) is 9.46. The molecule has 1 amide bonds. The lowest BCUT2D eigenvalue weighted by molar-refractivity contribution is -0.143. The Morgan fingerprint density at radius 3 is 2.59 bits per heavy atom. The molecule has 2 fully saturated rings. The van der Waals surface area contributed by atoms with Crippen LogP contribution in [0.15, 0.2) is 54.6 Å². The summed E-state index contributed by atoms with van der Waals surface area (Å²) in [6, 6.07) is 8.59. The summed E-state index contributed by atoms with van der Waals surface area (Å²) in [7, 11) is 0. The minimum Gasteiger partial charge on any atom is -0.480 e. The molecule has 1 N–H and O–H groups in total. The predicted octanol–water partition coefficient (Wildman–Crippen LogP) is 3.72. The van der Waals surface area contributed by atoms with Crippen molar-refractivity contribution in [3.05, 3.63) is 60.2 Å². The van der Waals surface area contributed by atoms with Gasteiger partial charge in [0.1, 0.15) is 12.6 Å². The smallest absolute Gasteiger partial charge is 0.410 e. The number of likely N-dealkylation sites (tertiary alicyclic amines) is 1. The SMILES string of the molecule is CC1(C)C2C=CC=CC2[C@H]2C1CN(C(=O)OCc1ccccc1)[C@@H]2C(=O)O. The zero-order chi connectivity index (χ0) is 19.2. The Morgan fingerprint density at radius 2 is 1.89 bits per heavy atom. The number of fused-ring (bicyclic) bond motifs is 3. The van der Waals surface area contributed by atoms with Crippen LogP contribution in [0.1, 0.15) is 19.4 Å². The van der Waals surface area contributed by atoms with Gasteiger partial charge in [0.25, 0.3) is 0 Å². The fourth-order valence-electron chi connectivity index (χ4n) is 5.36. The van der Waals surface area contributed by atoms with Crippen LogP contribution in [0.4, 0.5) is 4.79 Å². The number of aliphatic carboxylic acids is 1. The van der Waals surface area contributed by atoms with Crippen molar-refractivity contribution >= 4 is 12.1 Å². The summed E-state index contributed by atoms with van der Waals surface area (Å²) in [6.45, 7) is 4.96. The standard InChI is InChI=1S/C22H25NO4/c1-22(2)16-11-7-6-10-15(16)18-17(22)12-23(19(18)20(24)25)21(26)27-13-14-8-4-3-5-9-14/h3-11,15-19H,12-13H2,1-2H3,(H,24,25)/t15?,16?,17?,18-,19-/m0/s1. The van der Waals surface area contributed by atoms with E-state index >= 15 is 0 Å². The Kier molecular flexibility index (Phi) is 4.33. The van der Waals surface area contributed by atoms with E-state index in [0.29, 0.717) is 12.5 Å². The second-order valence-corrected chi connectivity index (χ2v) is 8.35. The summed E-state index contributed by atoms with van der Waals surface area (Å²) in [6.07, 6.45) is 7.81. The molecule has 1 aliphatic heterocycles. The van der Waals surface area contributed by atoms with Crippen molar-refractivity contribution in [1.82, 2.24) is 4.90 Å². The van der Waals surface area contributed by atoms with Gasteiger partial charge in [-0.2, -0.15) is 0 Å². The predicted molar refractivity (Wildman–Crippen MR) is 101 cm³/mol. The summed E-state index contributed by atoms with van der Waals surface area (Å²) in [5.74, 6) is -0.457. The van der Waals surface area contributed by atoms with E-state index in [1.165, 1.54) is 4.90 Å². The number of carbonyl (C=O) groups excluding carboxylic acids is 1. The molecule has 5 heteroatoms. The number of hydrogen-bond donors (Lipinski definition) is 1. The molecule has 5 atom stereocenters. The fraction of sp³-hybridized carbons (Fsp3) is 0.455. The molecule has 1 heterocycles. The number of carbonyl (C=O) groups is 2. The molecule has 1 saturated heterocycles. The summed E-state index contributed by atoms with van der Waals surface area (Å²) in [5, 5.41) is 9.93. The van der Waals surface area contributed by atoms with Gasteiger partial charge in [-0.1, -0.05) is 68.5 Å². The van der Waals surface area contributed by atoms with Crippen LogP contribution in [0.5, 0.6) is 0 Å². The number of amides is 1. The second-order valence-electron chi connectivity index (χ2n) is 8.35. The van der Waals surface area contributed by atoms with E-state index in [0.717, 1.165) is 5.56 Å². The number of rotatable bonds is 3. The molecule has 3 unspecified atom stereocenters. The molecule has 1 saturated carbocycles. The van der Waals surface area contributed by atoms with Crippen LogP contribution in [-0.4, -0.2) is 34.7 Å². The van der Waals surface area contributed by atoms with Gasteiger partial charge < -0.3 is 9.84 Å². The molecule has 0 spiro atoms. The number of carboxylic acid groups (broad SMARTS) is 1. The molecule has 2 aliphatic carbocycles. The third-order valence-corrected chi connectivity index (χ3v) is 6.69. The van der Waals surface area contributed by atoms with Crippen molar-refractivity contribution in [3.63, 3.8) is 0 Å². The molecule has 0 bridgehead atoms. The van der Waals surface area contributed by atoms with E-state index in [1.807, 2.05) is 42.5 Å². The third kappa shape index (κ3) is 2.85. The van der Waals surface area contributed by atoms with E-state index < -0.39 is 18.1 Å². The first kappa shape index (κ1) is 17.8. The van der Waals surface area contributed by atoms with Crippen molar-refractivity contribution in [3.8, 4) is 0 Å². The van der Waals surface area contributed by atoms with Gasteiger partial charge in [0.2, 0.25) is 0 Å². The van der Waals surface area contributed by atoms with Gasteiger partial charge in [-0.25, -0.2) is 9.59 Å². The molecule has 27 heavy (non-hydrogen) atoms. The van der Waals surface area contributed by atoms with Crippen LogP contribution < -0.4 is 0 Å². The lowest BCUT2D eigenvalue weighted by atomic mass is 9.73. The molecule has 5 nitrogen and oxygen atoms in total. The lowest BCUT2D eigenvalue weighted by Gasteiger charge is -2.34. The summed E-state index contributed by atoms with van der Waals surface area (Å²) >= 11 is 0. The van der Waals surface area contributed by atoms with Gasteiger partial charge in [-0.3, -0.25) is 4.90 Å². The number of benzene rings is 1. The lowest BCUT2D eigenvalue weighted by Crippen LogP contribution is -2.45. The average molecular weight is 367 g/mol. The van der Waals surface area contributed by atoms with E-state index in [4.69, 9.17) is 4.74 Å². The zero-order valence-corrected chi connectivity index (χ0v) is 15.6. The average Bonchev–Trinajstić information content (AvgIpc) is 3.17. The maximum atomic E-state index is 12.7. The Hall–Kier alpha value is -2.56. The Balaban J connectivity index is 1.56. The highest BCUT2D eigenvalue weighted by Crippen LogP contribution is 2.60. The first-order chi connectivity index (χ1) is 12.9. The molecule has 142 valence electrons. The van der Waals surface area contributed by atoms with Crippen molar-refractivity contribution < 1.29 is 19.4 Å². The molecule has 0 aromatic heterocycles. The summed E-state index contributed by atoms with van der Waals surface area (Å²) in [4.78, 5) is 26.3. The highest BCUT2D eigenvalue weighted by molar-refractivity contribution is 5.81. The quantitative estimate of drug-likeness (QED) is 0.884. The van der Waals surface area contributed by atoms with Gasteiger partial charge in [-0.05, 0) is 28.7 Å². The molecular formula is C22H25NO4. The third-order valence-electron chi connectivity index (χ3n) is 6.69. The topological polar surface area (TPSA) is 66.8 Å². The van der Waals surface area contributed by atoms with Crippen molar-refractivity contribution in [2.45, 2.75) is 26.5 Å². The fourth-order valence-corrected chi connectivity index (χ4v) is 5.36. The van der Waals surface area contributed by atoms with Crippen molar-refractivity contribution in [2.24, 2.45) is 29.1 Å². The minimum absolute atomic E-state index is 0.0707. The highest BCUT2D eigenvalue weighted by Gasteiger charge is 2.63. The van der Waals surface area contributed by atoms with Gasteiger partial charge in [0.15, 0.2) is 0 Å². The number of carboxylic acids is 1. The second kappa shape index (κ2) is 6.55. The van der Waals surface area contributed by atoms with Gasteiger partial charge >= 0.3 is 12.1 Å². The minimum atomic E-state index is -0.946. The molecule has 3 aliphatic rings. The van der Waals surface area contributed by atoms with Crippen molar-refractivity contribution in [1.29, 1.82) is 0 Å². The normalized spacial score (nSPS) is 32.8. The molecule has 0 radical (unpaired) electrons. The maximum absolute atomic E-state index is 12.7. The van der Waals surface area contributed by atoms with E-state index in [1.54, 1.807) is 0 Å². The van der Waals surface area contributed by atoms with Crippen LogP contribution in [0.25, 0.3) is 0 Å². The van der Waals surface area contributed by atoms with E-state index in [-0.39, 0.29) is 29.8 Å². The van der Waals surface area contributed by atoms with Gasteiger partial charge in [0.05, 0.1) is 0 Å². The van der Waals surface area contributed by atoms with Crippen LogP contribution in [0, 0.1) is 29.1 Å². The van der Waals surface area contributed by atoms with E-state index in [9.17, 15) is 14.7 Å². The Labute approximate surface area is 159 Å². The molecule has 1 aromatic carbocycles. The zero-order valence-electron chi connectivity index (χ0n) is 15.6. The monoisotopic (exact) mass is 367 g/mol. The van der Waals surface area contributed by atoms with E-state index in [2.05, 4.69) is 26.0 Å². The summed E-state index contributed by atoms with van der Waals surface area (Å²) < 4.78 is 5.45. The van der Waals surface area contributed by atoms with Gasteiger partial charge in [0, 0.05) is 12.5 Å². The number of hydrogen-bond acceptors (Lipinski definition) is 3. The molecule has 4 rings (SSSR count). The van der Waals surface area contributed by atoms with Crippen LogP contribution in [-0.2, 0) is 16.1 Å². The number of ether oxygens (including phenoxy) is 1. The Morgan fingerprint density at radius 1 is 1.19 bits per heavy atom. The molecular weight excluding hydrogens is 342 g/mol. The van der Waals surface area contributed by atoms with Crippen molar-refractivity contribution in [2.75, 3.05) is 6.54 Å². The first-order valence-corrected chi connectivity index (χ1v) is 9.46. The summed E-state index contributed by atoms with van der Waals surface area (Å²) in [5.41, 5.74) is 0.816. The van der Waals surface area contributed by atoms with Crippen LogP contribution in [0.2, 0.25) is 0 Å². The van der Waals surface area contributed by atoms with Gasteiger partial charge in [-0.15, -0.1) is 0 Å². The van der Waals surface area contributed by atoms with Crippen LogP contribution in [0.3, 0.4) is 0 Å². The maximum Gasteiger partial charge on any atom is 0.410 e. The number of nitrogens with zero attached hydrogens (tertiary/aromatic N) is 1. The molecule has 1 aromatic rings. The Bertz CT molecular complexity index is 798.